The molecular formula is C34H31N3O10. The minimum atomic E-state index is -1.55. The lowest BCUT2D eigenvalue weighted by Gasteiger charge is -2.38. The predicted molar refractivity (Wildman–Crippen MR) is 165 cm³/mol. The van der Waals surface area contributed by atoms with E-state index < -0.39 is 46.8 Å². The Morgan fingerprint density at radius 1 is 1.02 bits per heavy atom. The van der Waals surface area contributed by atoms with Crippen molar-refractivity contribution in [2.75, 3.05) is 18.6 Å². The third-order valence-corrected chi connectivity index (χ3v) is 9.01. The van der Waals surface area contributed by atoms with Gasteiger partial charge in [0.15, 0.2) is 11.4 Å². The Morgan fingerprint density at radius 3 is 2.45 bits per heavy atom. The van der Waals surface area contributed by atoms with Crippen molar-refractivity contribution in [2.24, 2.45) is 11.3 Å². The zero-order valence-electron chi connectivity index (χ0n) is 25.5. The van der Waals surface area contributed by atoms with Crippen molar-refractivity contribution >= 4 is 35.6 Å². The van der Waals surface area contributed by atoms with Crippen LogP contribution in [0, 0.1) is 11.3 Å². The maximum atomic E-state index is 13.3. The SMILES string of the molecule is C=CCC1(C(C)CCCOC(=O)N(C)c2c(O)ccc3c2Oc2cc(O)ccc2C32OC(=O)c3ccccc32)C(=O)NC(=O)NC1=O. The first-order valence-corrected chi connectivity index (χ1v) is 14.8. The lowest BCUT2D eigenvalue weighted by Crippen LogP contribution is -2.64. The standard InChI is InChI=1S/C34H31N3O10/c1-4-15-33(29(41)35-31(43)36-30(33)42)18(2)8-7-16-45-32(44)37(3)26-24(39)14-13-23-27(26)46-25-17-19(38)11-12-22(25)34(23)21-10-6-5-9-20(21)28(40)47-34/h4-6,9-14,17-18,38-39H,1,7-8,15-16H2,2-3H3,(H2,35,36,41,42,43). The molecule has 13 heteroatoms. The van der Waals surface area contributed by atoms with Crippen molar-refractivity contribution in [1.29, 1.82) is 0 Å². The number of phenols is 2. The number of aromatic hydroxyl groups is 2. The zero-order valence-corrected chi connectivity index (χ0v) is 25.5. The van der Waals surface area contributed by atoms with Crippen molar-refractivity contribution in [1.82, 2.24) is 10.6 Å². The number of carbonyl (C=O) groups is 5. The Labute approximate surface area is 268 Å². The summed E-state index contributed by atoms with van der Waals surface area (Å²) in [4.78, 5) is 64.7. The Bertz CT molecular complexity index is 1850. The fourth-order valence-electron chi connectivity index (χ4n) is 6.63. The van der Waals surface area contributed by atoms with Gasteiger partial charge in [-0.25, -0.2) is 14.4 Å². The van der Waals surface area contributed by atoms with Crippen LogP contribution in [0.2, 0.25) is 0 Å². The smallest absolute Gasteiger partial charge is 0.414 e. The van der Waals surface area contributed by atoms with E-state index >= 15 is 0 Å². The highest BCUT2D eigenvalue weighted by molar-refractivity contribution is 6.19. The monoisotopic (exact) mass is 641 g/mol. The second-order valence-corrected chi connectivity index (χ2v) is 11.6. The number of nitrogens with zero attached hydrogens (tertiary/aromatic N) is 1. The molecule has 0 aliphatic carbocycles. The summed E-state index contributed by atoms with van der Waals surface area (Å²) in [5.41, 5.74) is -1.48. The van der Waals surface area contributed by atoms with Crippen LogP contribution in [0.5, 0.6) is 23.0 Å². The van der Waals surface area contributed by atoms with Crippen molar-refractivity contribution in [3.63, 3.8) is 0 Å². The number of urea groups is 1. The maximum absolute atomic E-state index is 13.3. The van der Waals surface area contributed by atoms with Crippen LogP contribution in [0.25, 0.3) is 0 Å². The van der Waals surface area contributed by atoms with Gasteiger partial charge in [0.05, 0.1) is 17.7 Å². The fourth-order valence-corrected chi connectivity index (χ4v) is 6.63. The zero-order chi connectivity index (χ0) is 33.7. The topological polar surface area (TPSA) is 181 Å². The van der Waals surface area contributed by atoms with E-state index in [4.69, 9.17) is 14.2 Å². The summed E-state index contributed by atoms with van der Waals surface area (Å²) >= 11 is 0. The van der Waals surface area contributed by atoms with Crippen LogP contribution >= 0.6 is 0 Å². The van der Waals surface area contributed by atoms with Gasteiger partial charge in [-0.2, -0.15) is 0 Å². The number of phenolic OH excluding ortho intramolecular Hbond substituents is 2. The first kappa shape index (κ1) is 31.1. The molecule has 5 amide bonds. The van der Waals surface area contributed by atoms with Crippen LogP contribution in [-0.2, 0) is 24.7 Å². The van der Waals surface area contributed by atoms with Gasteiger partial charge < -0.3 is 24.4 Å². The van der Waals surface area contributed by atoms with Crippen LogP contribution in [0.1, 0.15) is 53.2 Å². The summed E-state index contributed by atoms with van der Waals surface area (Å²) in [7, 11) is 1.37. The Hall–Kier alpha value is -5.85. The number of rotatable bonds is 8. The molecule has 1 saturated heterocycles. The number of nitrogens with one attached hydrogen (secondary N) is 2. The molecule has 3 aromatic rings. The number of benzene rings is 3. The van der Waals surface area contributed by atoms with Crippen molar-refractivity contribution in [3.8, 4) is 23.0 Å². The van der Waals surface area contributed by atoms with Crippen LogP contribution < -0.4 is 20.3 Å². The van der Waals surface area contributed by atoms with Crippen molar-refractivity contribution < 1.29 is 48.4 Å². The van der Waals surface area contributed by atoms with Crippen LogP contribution in [-0.4, -0.2) is 53.8 Å². The lowest BCUT2D eigenvalue weighted by atomic mass is 9.69. The number of hydrogen-bond donors (Lipinski definition) is 4. The van der Waals surface area contributed by atoms with Gasteiger partial charge in [-0.3, -0.25) is 25.1 Å². The number of anilines is 1. The Balaban J connectivity index is 1.26. The Kier molecular flexibility index (Phi) is 7.62. The van der Waals surface area contributed by atoms with Gasteiger partial charge in [0, 0.05) is 24.2 Å². The molecule has 13 nitrogen and oxygen atoms in total. The molecule has 2 atom stereocenters. The summed E-state index contributed by atoms with van der Waals surface area (Å²) in [5, 5.41) is 25.6. The molecule has 3 heterocycles. The molecule has 1 spiro atoms. The van der Waals surface area contributed by atoms with Gasteiger partial charge >= 0.3 is 18.1 Å². The molecule has 3 aliphatic rings. The van der Waals surface area contributed by atoms with E-state index in [1.807, 2.05) is 0 Å². The predicted octanol–water partition coefficient (Wildman–Crippen LogP) is 4.58. The third-order valence-electron chi connectivity index (χ3n) is 9.01. The van der Waals surface area contributed by atoms with Crippen molar-refractivity contribution in [2.45, 2.75) is 31.8 Å². The Morgan fingerprint density at radius 2 is 1.72 bits per heavy atom. The first-order chi connectivity index (χ1) is 22.4. The average molecular weight is 642 g/mol. The second-order valence-electron chi connectivity index (χ2n) is 11.6. The first-order valence-electron chi connectivity index (χ1n) is 14.8. The molecule has 0 saturated carbocycles. The molecule has 242 valence electrons. The lowest BCUT2D eigenvalue weighted by molar-refractivity contribution is -0.148. The highest BCUT2D eigenvalue weighted by Crippen LogP contribution is 2.59. The number of barbiturate groups is 1. The molecule has 0 radical (unpaired) electrons. The van der Waals surface area contributed by atoms with Crippen molar-refractivity contribution in [3.05, 3.63) is 89.5 Å². The molecule has 3 aliphatic heterocycles. The number of ether oxygens (including phenoxy) is 3. The van der Waals surface area contributed by atoms with E-state index in [0.717, 1.165) is 4.90 Å². The summed E-state index contributed by atoms with van der Waals surface area (Å²) in [5.74, 6) is -2.85. The fraction of sp³-hybridized carbons (Fsp3) is 0.265. The van der Waals surface area contributed by atoms with Gasteiger partial charge in [-0.15, -0.1) is 6.58 Å². The van der Waals surface area contributed by atoms with E-state index in [2.05, 4.69) is 17.2 Å². The van der Waals surface area contributed by atoms with E-state index in [1.165, 1.54) is 31.3 Å². The number of hydrogen-bond acceptors (Lipinski definition) is 10. The molecule has 47 heavy (non-hydrogen) atoms. The third kappa shape index (κ3) is 4.73. The number of imide groups is 2. The van der Waals surface area contributed by atoms with Gasteiger partial charge in [0.25, 0.3) is 0 Å². The average Bonchev–Trinajstić information content (AvgIpc) is 3.32. The van der Waals surface area contributed by atoms with Gasteiger partial charge in [-0.05, 0) is 55.5 Å². The van der Waals surface area contributed by atoms with E-state index in [-0.39, 0.29) is 54.6 Å². The molecule has 0 bridgehead atoms. The number of amides is 5. The van der Waals surface area contributed by atoms with E-state index in [0.29, 0.717) is 22.3 Å². The summed E-state index contributed by atoms with van der Waals surface area (Å²) in [6.07, 6.45) is 1.12. The molecule has 3 aromatic carbocycles. The number of fused-ring (bicyclic) bond motifs is 6. The van der Waals surface area contributed by atoms with Crippen LogP contribution in [0.4, 0.5) is 15.3 Å². The maximum Gasteiger partial charge on any atom is 0.414 e. The van der Waals surface area contributed by atoms with E-state index in [9.17, 15) is 34.2 Å². The number of carbonyl (C=O) groups excluding carboxylic acids is 5. The highest BCUT2D eigenvalue weighted by atomic mass is 16.6. The van der Waals surface area contributed by atoms with Gasteiger partial charge in [0.2, 0.25) is 11.8 Å². The minimum Gasteiger partial charge on any atom is -0.508 e. The molecular weight excluding hydrogens is 610 g/mol. The summed E-state index contributed by atoms with van der Waals surface area (Å²) < 4.78 is 17.8. The molecule has 2 unspecified atom stereocenters. The molecule has 1 fully saturated rings. The van der Waals surface area contributed by atoms with Gasteiger partial charge in [0.1, 0.15) is 28.4 Å². The highest BCUT2D eigenvalue weighted by Gasteiger charge is 2.55. The summed E-state index contributed by atoms with van der Waals surface area (Å²) in [6, 6.07) is 13.3. The van der Waals surface area contributed by atoms with Crippen LogP contribution in [0.3, 0.4) is 0 Å². The number of allylic oxidation sites excluding steroid dienone is 1. The van der Waals surface area contributed by atoms with Crippen LogP contribution in [0.15, 0.2) is 67.3 Å². The normalized spacial score (nSPS) is 19.3. The quantitative estimate of drug-likeness (QED) is 0.118. The number of esters is 1. The van der Waals surface area contributed by atoms with Gasteiger partial charge in [-0.1, -0.05) is 31.2 Å². The molecule has 4 N–H and O–H groups in total. The minimum absolute atomic E-state index is 0.00220. The second kappa shape index (κ2) is 11.5. The van der Waals surface area contributed by atoms with E-state index in [1.54, 1.807) is 43.3 Å². The molecule has 6 rings (SSSR count). The largest absolute Gasteiger partial charge is 0.508 e. The molecule has 0 aromatic heterocycles. The summed E-state index contributed by atoms with van der Waals surface area (Å²) in [6.45, 7) is 5.23.